The number of aryl methyl sites for hydroxylation is 2. The number of hydrogen-bond acceptors (Lipinski definition) is 3. The summed E-state index contributed by atoms with van der Waals surface area (Å²) < 4.78 is 4.35. The molecule has 0 saturated heterocycles. The lowest BCUT2D eigenvalue weighted by Crippen LogP contribution is -2.21. The Hall–Kier alpha value is -2.04. The van der Waals surface area contributed by atoms with Gasteiger partial charge in [0.15, 0.2) is 11.6 Å². The third-order valence-corrected chi connectivity index (χ3v) is 5.77. The van der Waals surface area contributed by atoms with E-state index in [-0.39, 0.29) is 5.92 Å². The molecule has 126 valence electrons. The summed E-state index contributed by atoms with van der Waals surface area (Å²) in [5.41, 5.74) is 4.59. The van der Waals surface area contributed by atoms with Crippen LogP contribution in [0.25, 0.3) is 11.4 Å². The first-order valence-corrected chi connectivity index (χ1v) is 9.35. The molecule has 2 aromatic heterocycles. The van der Waals surface area contributed by atoms with Crippen LogP contribution in [-0.2, 0) is 19.5 Å². The van der Waals surface area contributed by atoms with Crippen LogP contribution < -0.4 is 5.32 Å². The van der Waals surface area contributed by atoms with Crippen molar-refractivity contribution in [2.45, 2.75) is 64.6 Å². The third-order valence-electron chi connectivity index (χ3n) is 5.77. The zero-order valence-corrected chi connectivity index (χ0v) is 14.2. The van der Waals surface area contributed by atoms with Gasteiger partial charge in [-0.15, -0.1) is 0 Å². The maximum atomic E-state index is 12.6. The van der Waals surface area contributed by atoms with Gasteiger partial charge < -0.3 is 9.88 Å². The molecule has 24 heavy (non-hydrogen) atoms. The first-order chi connectivity index (χ1) is 11.7. The Kier molecular flexibility index (Phi) is 3.12. The quantitative estimate of drug-likeness (QED) is 0.857. The molecule has 3 heterocycles. The Bertz CT molecular complexity index is 808. The minimum Gasteiger partial charge on any atom is -0.366 e. The Balaban J connectivity index is 1.55. The maximum absolute atomic E-state index is 12.6. The SMILES string of the molecule is CCn1nc(NC2CC2)c2c1-c1cc(C(=O)C3CCC3)cn1CC2. The van der Waals surface area contributed by atoms with Crippen LogP contribution in [0.1, 0.15) is 54.9 Å². The molecule has 2 aromatic rings. The van der Waals surface area contributed by atoms with E-state index in [0.29, 0.717) is 11.8 Å². The number of Topliss-reactive ketones (excluding diaryl/α,β-unsaturated/α-hetero) is 1. The van der Waals surface area contributed by atoms with Crippen LogP contribution in [0.5, 0.6) is 0 Å². The number of ketones is 1. The summed E-state index contributed by atoms with van der Waals surface area (Å²) in [6.07, 6.45) is 8.89. The second-order valence-corrected chi connectivity index (χ2v) is 7.46. The smallest absolute Gasteiger partial charge is 0.167 e. The van der Waals surface area contributed by atoms with Gasteiger partial charge in [-0.05, 0) is 45.1 Å². The predicted octanol–water partition coefficient (Wildman–Crippen LogP) is 3.48. The van der Waals surface area contributed by atoms with Crippen molar-refractivity contribution in [2.24, 2.45) is 5.92 Å². The zero-order chi connectivity index (χ0) is 16.3. The van der Waals surface area contributed by atoms with Crippen LogP contribution in [-0.4, -0.2) is 26.2 Å². The summed E-state index contributed by atoms with van der Waals surface area (Å²) in [7, 11) is 0. The van der Waals surface area contributed by atoms with Crippen LogP contribution >= 0.6 is 0 Å². The molecule has 2 aliphatic carbocycles. The van der Waals surface area contributed by atoms with E-state index in [9.17, 15) is 4.79 Å². The number of carbonyl (C=O) groups is 1. The molecule has 0 radical (unpaired) electrons. The van der Waals surface area contributed by atoms with Crippen LogP contribution in [0.15, 0.2) is 12.3 Å². The standard InChI is InChI=1S/C19H24N4O/c1-2-23-17-15(19(21-23)20-14-6-7-14)8-9-22-11-13(10-16(17)22)18(24)12-4-3-5-12/h10-12,14H,2-9H2,1H3,(H,20,21). The maximum Gasteiger partial charge on any atom is 0.167 e. The van der Waals surface area contributed by atoms with Gasteiger partial charge in [0.05, 0.1) is 11.4 Å². The number of nitrogens with one attached hydrogen (secondary N) is 1. The zero-order valence-electron chi connectivity index (χ0n) is 14.2. The van der Waals surface area contributed by atoms with Crippen molar-refractivity contribution >= 4 is 11.6 Å². The molecule has 2 saturated carbocycles. The molecule has 0 amide bonds. The first-order valence-electron chi connectivity index (χ1n) is 9.35. The van der Waals surface area contributed by atoms with Crippen molar-refractivity contribution in [3.8, 4) is 11.4 Å². The average molecular weight is 324 g/mol. The Morgan fingerprint density at radius 3 is 2.83 bits per heavy atom. The number of rotatable bonds is 5. The van der Waals surface area contributed by atoms with Gasteiger partial charge in [0, 0.05) is 42.4 Å². The number of carbonyl (C=O) groups excluding carboxylic acids is 1. The third kappa shape index (κ3) is 2.14. The number of anilines is 1. The van der Waals surface area contributed by atoms with Gasteiger partial charge in [0.2, 0.25) is 0 Å². The van der Waals surface area contributed by atoms with Crippen molar-refractivity contribution in [1.82, 2.24) is 14.3 Å². The lowest BCUT2D eigenvalue weighted by atomic mass is 9.80. The average Bonchev–Trinajstić information content (AvgIpc) is 3.11. The molecule has 0 atom stereocenters. The molecular formula is C19H24N4O. The highest BCUT2D eigenvalue weighted by atomic mass is 16.1. The fraction of sp³-hybridized carbons (Fsp3) is 0.579. The molecule has 0 spiro atoms. The van der Waals surface area contributed by atoms with Crippen LogP contribution in [0.3, 0.4) is 0 Å². The minimum atomic E-state index is 0.261. The van der Waals surface area contributed by atoms with Crippen molar-refractivity contribution in [3.63, 3.8) is 0 Å². The molecule has 0 aromatic carbocycles. The molecule has 0 unspecified atom stereocenters. The first kappa shape index (κ1) is 14.3. The van der Waals surface area contributed by atoms with Crippen molar-refractivity contribution < 1.29 is 4.79 Å². The molecule has 5 heteroatoms. The van der Waals surface area contributed by atoms with E-state index in [1.54, 1.807) is 0 Å². The molecule has 3 aliphatic rings. The van der Waals surface area contributed by atoms with Gasteiger partial charge in [0.1, 0.15) is 0 Å². The summed E-state index contributed by atoms with van der Waals surface area (Å²) in [4.78, 5) is 12.6. The van der Waals surface area contributed by atoms with E-state index in [1.807, 2.05) is 0 Å². The van der Waals surface area contributed by atoms with Gasteiger partial charge in [-0.3, -0.25) is 9.48 Å². The summed E-state index contributed by atoms with van der Waals surface area (Å²) >= 11 is 0. The fourth-order valence-electron chi connectivity index (χ4n) is 3.96. The summed E-state index contributed by atoms with van der Waals surface area (Å²) in [6.45, 7) is 3.93. The van der Waals surface area contributed by atoms with Crippen LogP contribution in [0.2, 0.25) is 0 Å². The topological polar surface area (TPSA) is 51.9 Å². The summed E-state index contributed by atoms with van der Waals surface area (Å²) in [5, 5.41) is 8.40. The Morgan fingerprint density at radius 2 is 2.17 bits per heavy atom. The van der Waals surface area contributed by atoms with Crippen LogP contribution in [0.4, 0.5) is 5.82 Å². The number of aromatic nitrogens is 3. The van der Waals surface area contributed by atoms with Gasteiger partial charge >= 0.3 is 0 Å². The molecule has 5 nitrogen and oxygen atoms in total. The fourth-order valence-corrected chi connectivity index (χ4v) is 3.96. The summed E-state index contributed by atoms with van der Waals surface area (Å²) in [5.74, 6) is 1.66. The normalized spacial score (nSPS) is 19.5. The highest BCUT2D eigenvalue weighted by molar-refractivity contribution is 5.99. The van der Waals surface area contributed by atoms with E-state index < -0.39 is 0 Å². The van der Waals surface area contributed by atoms with Crippen LogP contribution in [0, 0.1) is 5.92 Å². The predicted molar refractivity (Wildman–Crippen MR) is 93.3 cm³/mol. The highest BCUT2D eigenvalue weighted by Crippen LogP contribution is 2.38. The highest BCUT2D eigenvalue weighted by Gasteiger charge is 2.32. The van der Waals surface area contributed by atoms with Crippen molar-refractivity contribution in [3.05, 3.63) is 23.4 Å². The van der Waals surface area contributed by atoms with E-state index in [2.05, 4.69) is 33.8 Å². The van der Waals surface area contributed by atoms with Gasteiger partial charge in [-0.25, -0.2) is 0 Å². The Morgan fingerprint density at radius 1 is 1.33 bits per heavy atom. The minimum absolute atomic E-state index is 0.261. The number of fused-ring (bicyclic) bond motifs is 3. The molecule has 2 fully saturated rings. The molecular weight excluding hydrogens is 300 g/mol. The number of hydrogen-bond donors (Lipinski definition) is 1. The largest absolute Gasteiger partial charge is 0.366 e. The van der Waals surface area contributed by atoms with Gasteiger partial charge in [-0.1, -0.05) is 6.42 Å². The lowest BCUT2D eigenvalue weighted by molar-refractivity contribution is 0.0855. The Labute approximate surface area is 142 Å². The molecule has 5 rings (SSSR count). The number of nitrogens with zero attached hydrogens (tertiary/aromatic N) is 3. The second-order valence-electron chi connectivity index (χ2n) is 7.46. The molecule has 1 N–H and O–H groups in total. The summed E-state index contributed by atoms with van der Waals surface area (Å²) in [6, 6.07) is 2.71. The molecule has 0 bridgehead atoms. The van der Waals surface area contributed by atoms with E-state index in [1.165, 1.54) is 30.5 Å². The van der Waals surface area contributed by atoms with E-state index >= 15 is 0 Å². The van der Waals surface area contributed by atoms with Crippen molar-refractivity contribution in [2.75, 3.05) is 5.32 Å². The van der Waals surface area contributed by atoms with E-state index in [4.69, 9.17) is 5.10 Å². The van der Waals surface area contributed by atoms with E-state index in [0.717, 1.165) is 49.4 Å². The second kappa shape index (κ2) is 5.23. The van der Waals surface area contributed by atoms with Gasteiger partial charge in [0.25, 0.3) is 0 Å². The van der Waals surface area contributed by atoms with Crippen molar-refractivity contribution in [1.29, 1.82) is 0 Å². The van der Waals surface area contributed by atoms with Gasteiger partial charge in [-0.2, -0.15) is 5.10 Å². The lowest BCUT2D eigenvalue weighted by Gasteiger charge is -2.23. The monoisotopic (exact) mass is 324 g/mol. The molecule has 1 aliphatic heterocycles.